The molecule has 0 radical (unpaired) electrons. The quantitative estimate of drug-likeness (QED) is 0.791. The summed E-state index contributed by atoms with van der Waals surface area (Å²) >= 11 is 0. The first-order valence-corrected chi connectivity index (χ1v) is 9.39. The minimum atomic E-state index is -3.06. The molecule has 7 heteroatoms. The number of sulfone groups is 1. The van der Waals surface area contributed by atoms with Crippen LogP contribution in [0.4, 0.5) is 5.82 Å². The Morgan fingerprint density at radius 3 is 2.65 bits per heavy atom. The summed E-state index contributed by atoms with van der Waals surface area (Å²) in [5, 5.41) is 0.962. The summed E-state index contributed by atoms with van der Waals surface area (Å²) in [4.78, 5) is 8.75. The molecule has 0 saturated heterocycles. The lowest BCUT2D eigenvalue weighted by atomic mass is 9.96. The number of nitrogens with two attached hydrogens (primary N) is 1. The van der Waals surface area contributed by atoms with E-state index in [1.165, 1.54) is 6.26 Å². The number of benzene rings is 1. The summed E-state index contributed by atoms with van der Waals surface area (Å²) in [5.41, 5.74) is 7.96. The van der Waals surface area contributed by atoms with E-state index < -0.39 is 15.3 Å². The average Bonchev–Trinajstić information content (AvgIpc) is 2.80. The van der Waals surface area contributed by atoms with Crippen LogP contribution >= 0.6 is 0 Å². The molecule has 0 atom stereocenters. The van der Waals surface area contributed by atoms with E-state index in [0.29, 0.717) is 17.9 Å². The van der Waals surface area contributed by atoms with Gasteiger partial charge in [0.1, 0.15) is 15.4 Å². The van der Waals surface area contributed by atoms with E-state index >= 15 is 0 Å². The number of pyridine rings is 1. The molecule has 1 aromatic carbocycles. The molecule has 0 unspecified atom stereocenters. The van der Waals surface area contributed by atoms with Gasteiger partial charge in [0.2, 0.25) is 0 Å². The zero-order valence-electron chi connectivity index (χ0n) is 13.4. The van der Waals surface area contributed by atoms with Gasteiger partial charge in [-0.1, -0.05) is 32.0 Å². The first-order valence-electron chi connectivity index (χ1n) is 7.33. The van der Waals surface area contributed by atoms with Crippen molar-refractivity contribution in [3.05, 3.63) is 30.6 Å². The number of nitrogen functional groups attached to an aromatic ring is 1. The normalized spacial score (nSPS) is 13.0. The van der Waals surface area contributed by atoms with Gasteiger partial charge >= 0.3 is 0 Å². The van der Waals surface area contributed by atoms with Crippen molar-refractivity contribution in [1.82, 2.24) is 14.5 Å². The summed E-state index contributed by atoms with van der Waals surface area (Å²) in [6, 6.07) is 7.74. The zero-order valence-corrected chi connectivity index (χ0v) is 14.3. The Balaban J connectivity index is 2.16. The molecule has 0 amide bonds. The highest BCUT2D eigenvalue weighted by atomic mass is 32.2. The molecule has 122 valence electrons. The van der Waals surface area contributed by atoms with E-state index in [1.807, 2.05) is 42.7 Å². The maximum absolute atomic E-state index is 11.7. The van der Waals surface area contributed by atoms with Crippen molar-refractivity contribution >= 4 is 37.6 Å². The van der Waals surface area contributed by atoms with Crippen LogP contribution in [0.3, 0.4) is 0 Å². The van der Waals surface area contributed by atoms with Crippen molar-refractivity contribution < 1.29 is 8.42 Å². The van der Waals surface area contributed by atoms with Crippen LogP contribution < -0.4 is 5.73 Å². The predicted molar refractivity (Wildman–Crippen MR) is 92.9 cm³/mol. The van der Waals surface area contributed by atoms with Crippen molar-refractivity contribution in [3.8, 4) is 0 Å². The summed E-state index contributed by atoms with van der Waals surface area (Å²) in [7, 11) is -3.06. The second-order valence-corrected chi connectivity index (χ2v) is 8.96. The van der Waals surface area contributed by atoms with Gasteiger partial charge in [0, 0.05) is 18.2 Å². The molecule has 0 bridgehead atoms. The third-order valence-corrected chi connectivity index (χ3v) is 5.04. The van der Waals surface area contributed by atoms with Gasteiger partial charge < -0.3 is 10.3 Å². The maximum Gasteiger partial charge on any atom is 0.152 e. The molecular formula is C16H20N4O2S. The molecule has 0 aliphatic carbocycles. The molecule has 3 rings (SSSR count). The lowest BCUT2D eigenvalue weighted by Crippen LogP contribution is -2.28. The highest BCUT2D eigenvalue weighted by Gasteiger charge is 2.25. The van der Waals surface area contributed by atoms with Gasteiger partial charge in [-0.2, -0.15) is 0 Å². The van der Waals surface area contributed by atoms with Gasteiger partial charge in [0.15, 0.2) is 5.82 Å². The smallest absolute Gasteiger partial charge is 0.152 e. The number of anilines is 1. The molecule has 2 N–H and O–H groups in total. The summed E-state index contributed by atoms with van der Waals surface area (Å²) in [6.45, 7) is 4.41. The predicted octanol–water partition coefficient (Wildman–Crippen LogP) is 2.24. The molecule has 23 heavy (non-hydrogen) atoms. The topological polar surface area (TPSA) is 90.9 Å². The number of nitrogens with zero attached hydrogens (tertiary/aromatic N) is 3. The Labute approximate surface area is 135 Å². The first-order chi connectivity index (χ1) is 10.7. The minimum Gasteiger partial charge on any atom is -0.382 e. The van der Waals surface area contributed by atoms with Crippen LogP contribution in [0.1, 0.15) is 13.8 Å². The number of fused-ring (bicyclic) bond motifs is 3. The molecule has 2 aromatic heterocycles. The molecular weight excluding hydrogens is 312 g/mol. The van der Waals surface area contributed by atoms with Crippen LogP contribution in [0, 0.1) is 5.41 Å². The lowest BCUT2D eigenvalue weighted by Gasteiger charge is -2.24. The Morgan fingerprint density at radius 1 is 1.26 bits per heavy atom. The second-order valence-electron chi connectivity index (χ2n) is 6.82. The molecule has 0 aliphatic heterocycles. The Morgan fingerprint density at radius 2 is 1.96 bits per heavy atom. The summed E-state index contributed by atoms with van der Waals surface area (Å²) in [5.74, 6) is 0.497. The van der Waals surface area contributed by atoms with E-state index in [-0.39, 0.29) is 5.75 Å². The number of hydrogen-bond acceptors (Lipinski definition) is 5. The van der Waals surface area contributed by atoms with Crippen molar-refractivity contribution in [2.75, 3.05) is 17.7 Å². The number of para-hydroxylation sites is 1. The van der Waals surface area contributed by atoms with Crippen molar-refractivity contribution in [2.45, 2.75) is 20.4 Å². The molecule has 6 nitrogen and oxygen atoms in total. The van der Waals surface area contributed by atoms with Gasteiger partial charge in [-0.15, -0.1) is 0 Å². The summed E-state index contributed by atoms with van der Waals surface area (Å²) in [6.07, 6.45) is 2.97. The summed E-state index contributed by atoms with van der Waals surface area (Å²) < 4.78 is 25.3. The number of rotatable bonds is 4. The second kappa shape index (κ2) is 5.19. The molecule has 0 spiro atoms. The van der Waals surface area contributed by atoms with E-state index in [4.69, 9.17) is 5.73 Å². The van der Waals surface area contributed by atoms with Crippen LogP contribution in [-0.4, -0.2) is 35.0 Å². The monoisotopic (exact) mass is 332 g/mol. The number of imidazole rings is 1. The molecule has 3 aromatic rings. The fraction of sp³-hybridized carbons (Fsp3) is 0.375. The molecule has 0 aliphatic rings. The van der Waals surface area contributed by atoms with Crippen LogP contribution in [0.25, 0.3) is 21.9 Å². The Kier molecular flexibility index (Phi) is 3.55. The fourth-order valence-corrected chi connectivity index (χ4v) is 4.65. The third kappa shape index (κ3) is 3.14. The van der Waals surface area contributed by atoms with Crippen LogP contribution in [0.2, 0.25) is 0 Å². The first kappa shape index (κ1) is 15.7. The van der Waals surface area contributed by atoms with E-state index in [1.54, 1.807) is 6.33 Å². The van der Waals surface area contributed by atoms with Gasteiger partial charge in [-0.25, -0.2) is 18.4 Å². The van der Waals surface area contributed by atoms with E-state index in [0.717, 1.165) is 16.4 Å². The largest absolute Gasteiger partial charge is 0.382 e. The molecule has 0 fully saturated rings. The standard InChI is InChI=1S/C16H20N4O2S/c1-16(2,9-23(3,21)22)8-20-10-18-13-14(20)11-6-4-5-7-12(11)19-15(13)17/h4-7,10H,8-9H2,1-3H3,(H2,17,19). The molecule has 2 heterocycles. The SMILES string of the molecule is CC(C)(Cn1cnc2c(N)nc3ccccc3c21)CS(C)(=O)=O. The third-order valence-electron chi connectivity index (χ3n) is 3.73. The van der Waals surface area contributed by atoms with Gasteiger partial charge in [0.05, 0.1) is 23.1 Å². The van der Waals surface area contributed by atoms with Crippen molar-refractivity contribution in [1.29, 1.82) is 0 Å². The average molecular weight is 332 g/mol. The van der Waals surface area contributed by atoms with Crippen LogP contribution in [-0.2, 0) is 16.4 Å². The van der Waals surface area contributed by atoms with E-state index in [2.05, 4.69) is 9.97 Å². The van der Waals surface area contributed by atoms with Gasteiger partial charge in [-0.3, -0.25) is 0 Å². The fourth-order valence-electron chi connectivity index (χ4n) is 3.14. The lowest BCUT2D eigenvalue weighted by molar-refractivity contribution is 0.350. The maximum atomic E-state index is 11.7. The Hall–Kier alpha value is -2.15. The highest BCUT2D eigenvalue weighted by Crippen LogP contribution is 2.29. The van der Waals surface area contributed by atoms with Crippen molar-refractivity contribution in [3.63, 3.8) is 0 Å². The van der Waals surface area contributed by atoms with E-state index in [9.17, 15) is 8.42 Å². The molecule has 0 saturated carbocycles. The van der Waals surface area contributed by atoms with Gasteiger partial charge in [-0.05, 0) is 11.5 Å². The minimum absolute atomic E-state index is 0.109. The van der Waals surface area contributed by atoms with Gasteiger partial charge in [0.25, 0.3) is 0 Å². The number of hydrogen-bond donors (Lipinski definition) is 1. The number of aromatic nitrogens is 3. The Bertz CT molecular complexity index is 990. The highest BCUT2D eigenvalue weighted by molar-refractivity contribution is 7.90. The van der Waals surface area contributed by atoms with Crippen LogP contribution in [0.15, 0.2) is 30.6 Å². The van der Waals surface area contributed by atoms with Crippen LogP contribution in [0.5, 0.6) is 0 Å². The zero-order chi connectivity index (χ0) is 16.8. The van der Waals surface area contributed by atoms with Crippen molar-refractivity contribution in [2.24, 2.45) is 5.41 Å².